The van der Waals surface area contributed by atoms with Crippen molar-refractivity contribution in [2.45, 2.75) is 51.0 Å². The van der Waals surface area contributed by atoms with E-state index in [9.17, 15) is 13.7 Å². The fourth-order valence-electron chi connectivity index (χ4n) is 3.23. The zero-order valence-electron chi connectivity index (χ0n) is 16.5. The van der Waals surface area contributed by atoms with E-state index in [1.165, 1.54) is 0 Å². The van der Waals surface area contributed by atoms with Crippen LogP contribution < -0.4 is 5.32 Å². The molecule has 0 radical (unpaired) electrons. The van der Waals surface area contributed by atoms with Crippen molar-refractivity contribution >= 4 is 15.9 Å². The van der Waals surface area contributed by atoms with Gasteiger partial charge in [-0.25, -0.2) is 8.42 Å². The molecule has 1 aliphatic rings. The zero-order chi connectivity index (χ0) is 20.3. The third-order valence-electron chi connectivity index (χ3n) is 5.08. The van der Waals surface area contributed by atoms with Gasteiger partial charge in [0.25, 0.3) is 0 Å². The highest BCUT2D eigenvalue weighted by molar-refractivity contribution is 7.89. The highest BCUT2D eigenvalue weighted by Gasteiger charge is 2.28. The molecule has 3 rings (SSSR count). The fraction of sp³-hybridized carbons (Fsp3) is 0.500. The normalized spacial score (nSPS) is 19.1. The zero-order valence-corrected chi connectivity index (χ0v) is 17.3. The maximum absolute atomic E-state index is 12.9. The van der Waals surface area contributed by atoms with E-state index in [1.807, 2.05) is 19.9 Å². The minimum Gasteiger partial charge on any atom is -0.419 e. The molecule has 0 aliphatic carbocycles. The Balaban J connectivity index is 1.84. The summed E-state index contributed by atoms with van der Waals surface area (Å²) >= 11 is 0. The molecule has 150 valence electrons. The Bertz CT molecular complexity index is 960. The molecule has 2 aromatic rings. The molecule has 2 atom stereocenters. The van der Waals surface area contributed by atoms with Crippen molar-refractivity contribution in [1.29, 1.82) is 5.26 Å². The molecule has 1 N–H and O–H groups in total. The first kappa shape index (κ1) is 20.4. The van der Waals surface area contributed by atoms with Crippen molar-refractivity contribution in [3.8, 4) is 17.5 Å². The second-order valence-corrected chi connectivity index (χ2v) is 9.33. The lowest BCUT2D eigenvalue weighted by molar-refractivity contribution is 0.281. The summed E-state index contributed by atoms with van der Waals surface area (Å²) in [5.74, 6) is 1.000. The van der Waals surface area contributed by atoms with Crippen molar-refractivity contribution in [2.75, 3.05) is 18.4 Å². The number of benzene rings is 1. The van der Waals surface area contributed by atoms with E-state index in [-0.39, 0.29) is 22.5 Å². The van der Waals surface area contributed by atoms with E-state index in [2.05, 4.69) is 17.2 Å². The Morgan fingerprint density at radius 1 is 1.39 bits per heavy atom. The van der Waals surface area contributed by atoms with Crippen molar-refractivity contribution < 1.29 is 12.8 Å². The first-order valence-electron chi connectivity index (χ1n) is 9.63. The van der Waals surface area contributed by atoms with E-state index in [1.54, 1.807) is 28.6 Å². The molecule has 1 saturated heterocycles. The topological polar surface area (TPSA) is 99.2 Å². The van der Waals surface area contributed by atoms with Crippen LogP contribution in [0.4, 0.5) is 5.88 Å². The highest BCUT2D eigenvalue weighted by atomic mass is 32.2. The quantitative estimate of drug-likeness (QED) is 0.788. The maximum Gasteiger partial charge on any atom is 0.243 e. The predicted molar refractivity (Wildman–Crippen MR) is 107 cm³/mol. The number of hydrogen-bond donors (Lipinski definition) is 1. The van der Waals surface area contributed by atoms with Crippen LogP contribution in [0, 0.1) is 17.2 Å². The summed E-state index contributed by atoms with van der Waals surface area (Å²) in [5, 5.41) is 12.4. The molecule has 1 fully saturated rings. The molecule has 1 aromatic carbocycles. The largest absolute Gasteiger partial charge is 0.419 e. The number of hydrogen-bond acceptors (Lipinski definition) is 6. The van der Waals surface area contributed by atoms with Crippen LogP contribution >= 0.6 is 0 Å². The Morgan fingerprint density at radius 2 is 2.11 bits per heavy atom. The molecule has 0 amide bonds. The van der Waals surface area contributed by atoms with Crippen LogP contribution in [0.2, 0.25) is 0 Å². The molecule has 0 saturated carbocycles. The lowest BCUT2D eigenvalue weighted by Gasteiger charge is -2.30. The molecule has 7 nitrogen and oxygen atoms in total. The number of oxazole rings is 1. The number of sulfonamides is 1. The van der Waals surface area contributed by atoms with Gasteiger partial charge < -0.3 is 9.73 Å². The molecule has 2 heterocycles. The van der Waals surface area contributed by atoms with Crippen LogP contribution in [-0.4, -0.2) is 36.8 Å². The molecule has 1 aliphatic heterocycles. The monoisotopic (exact) mass is 402 g/mol. The van der Waals surface area contributed by atoms with E-state index in [4.69, 9.17) is 4.42 Å². The third kappa shape index (κ3) is 4.21. The number of nitrogens with one attached hydrogen (secondary N) is 1. The average molecular weight is 403 g/mol. The molecule has 0 spiro atoms. The lowest BCUT2D eigenvalue weighted by Crippen LogP contribution is -2.39. The van der Waals surface area contributed by atoms with Gasteiger partial charge in [-0.15, -0.1) is 0 Å². The van der Waals surface area contributed by atoms with Crippen LogP contribution in [0.3, 0.4) is 0 Å². The maximum atomic E-state index is 12.9. The van der Waals surface area contributed by atoms with Gasteiger partial charge in [-0.3, -0.25) is 0 Å². The van der Waals surface area contributed by atoms with Gasteiger partial charge in [-0.1, -0.05) is 13.8 Å². The number of nitriles is 1. The SMILES string of the molecule is CC[C@H](C)Nc1oc(-c2ccc(S(=O)(=O)N3CCC[C@H](C)C3)cc2)nc1C#N. The Hall–Kier alpha value is -2.37. The molecular weight excluding hydrogens is 376 g/mol. The molecule has 0 unspecified atom stereocenters. The fourth-order valence-corrected chi connectivity index (χ4v) is 4.82. The number of anilines is 1. The van der Waals surface area contributed by atoms with Crippen molar-refractivity contribution in [1.82, 2.24) is 9.29 Å². The Labute approximate surface area is 166 Å². The van der Waals surface area contributed by atoms with Gasteiger partial charge >= 0.3 is 0 Å². The van der Waals surface area contributed by atoms with Gasteiger partial charge in [0.2, 0.25) is 27.5 Å². The summed E-state index contributed by atoms with van der Waals surface area (Å²) in [7, 11) is -3.50. The van der Waals surface area contributed by atoms with Crippen LogP contribution in [0.25, 0.3) is 11.5 Å². The lowest BCUT2D eigenvalue weighted by atomic mass is 10.0. The molecule has 1 aromatic heterocycles. The van der Waals surface area contributed by atoms with E-state index in [0.29, 0.717) is 30.5 Å². The summed E-state index contributed by atoms with van der Waals surface area (Å²) in [4.78, 5) is 4.49. The average Bonchev–Trinajstić information content (AvgIpc) is 3.10. The second-order valence-electron chi connectivity index (χ2n) is 7.40. The Kier molecular flexibility index (Phi) is 6.06. The summed E-state index contributed by atoms with van der Waals surface area (Å²) in [6, 6.07) is 8.65. The second kappa shape index (κ2) is 8.33. The summed E-state index contributed by atoms with van der Waals surface area (Å²) in [5.41, 5.74) is 0.814. The van der Waals surface area contributed by atoms with Crippen LogP contribution in [-0.2, 0) is 10.0 Å². The smallest absolute Gasteiger partial charge is 0.243 e. The summed E-state index contributed by atoms with van der Waals surface area (Å²) < 4.78 is 33.0. The molecular formula is C20H26N4O3S. The van der Waals surface area contributed by atoms with Crippen molar-refractivity contribution in [3.63, 3.8) is 0 Å². The van der Waals surface area contributed by atoms with Crippen molar-refractivity contribution in [3.05, 3.63) is 30.0 Å². The minimum absolute atomic E-state index is 0.146. The number of rotatable bonds is 6. The standard InChI is InChI=1S/C20H26N4O3S/c1-4-15(3)22-20-18(12-21)23-19(27-20)16-7-9-17(10-8-16)28(25,26)24-11-5-6-14(2)13-24/h7-10,14-15,22H,4-6,11,13H2,1-3H3/t14-,15-/m0/s1. The van der Waals surface area contributed by atoms with Crippen LogP contribution in [0.1, 0.15) is 45.7 Å². The van der Waals surface area contributed by atoms with Gasteiger partial charge in [-0.2, -0.15) is 14.6 Å². The van der Waals surface area contributed by atoms with E-state index in [0.717, 1.165) is 19.3 Å². The number of nitrogens with zero attached hydrogens (tertiary/aromatic N) is 3. The molecule has 28 heavy (non-hydrogen) atoms. The number of aromatic nitrogens is 1. The molecule has 0 bridgehead atoms. The van der Waals surface area contributed by atoms with Crippen molar-refractivity contribution in [2.24, 2.45) is 5.92 Å². The third-order valence-corrected chi connectivity index (χ3v) is 6.96. The highest BCUT2D eigenvalue weighted by Crippen LogP contribution is 2.28. The summed E-state index contributed by atoms with van der Waals surface area (Å²) in [6.45, 7) is 7.21. The number of piperidine rings is 1. The van der Waals surface area contributed by atoms with Crippen LogP contribution in [0.15, 0.2) is 33.6 Å². The van der Waals surface area contributed by atoms with Gasteiger partial charge in [-0.05, 0) is 56.4 Å². The van der Waals surface area contributed by atoms with Gasteiger partial charge in [0.05, 0.1) is 4.90 Å². The Morgan fingerprint density at radius 3 is 2.71 bits per heavy atom. The van der Waals surface area contributed by atoms with Gasteiger partial charge in [0.1, 0.15) is 6.07 Å². The van der Waals surface area contributed by atoms with Gasteiger partial charge in [0.15, 0.2) is 0 Å². The van der Waals surface area contributed by atoms with E-state index >= 15 is 0 Å². The summed E-state index contributed by atoms with van der Waals surface area (Å²) in [6.07, 6.45) is 2.82. The van der Waals surface area contributed by atoms with E-state index < -0.39 is 10.0 Å². The first-order valence-corrected chi connectivity index (χ1v) is 11.1. The van der Waals surface area contributed by atoms with Crippen LogP contribution in [0.5, 0.6) is 0 Å². The van der Waals surface area contributed by atoms with Gasteiger partial charge in [0, 0.05) is 24.7 Å². The first-order chi connectivity index (χ1) is 13.3. The predicted octanol–water partition coefficient (Wildman–Crippen LogP) is 3.84. The minimum atomic E-state index is -3.50. The molecule has 8 heteroatoms.